The summed E-state index contributed by atoms with van der Waals surface area (Å²) in [4.78, 5) is 87.8. The molecule has 0 bridgehead atoms. The predicted molar refractivity (Wildman–Crippen MR) is 192 cm³/mol. The van der Waals surface area contributed by atoms with Crippen molar-refractivity contribution in [3.8, 4) is 0 Å². The number of esters is 1. The number of aliphatic hydroxyl groups excluding tert-OH is 1. The first kappa shape index (κ1) is 47.3. The van der Waals surface area contributed by atoms with Crippen molar-refractivity contribution in [2.45, 2.75) is 141 Å². The van der Waals surface area contributed by atoms with Crippen molar-refractivity contribution in [2.24, 2.45) is 11.5 Å². The highest BCUT2D eigenvalue weighted by atomic mass is 16.5. The van der Waals surface area contributed by atoms with Gasteiger partial charge in [0.2, 0.25) is 29.5 Å². The van der Waals surface area contributed by atoms with Crippen molar-refractivity contribution in [3.05, 3.63) is 0 Å². The molecule has 0 fully saturated rings. The van der Waals surface area contributed by atoms with Gasteiger partial charge in [-0.15, -0.1) is 0 Å². The zero-order valence-corrected chi connectivity index (χ0v) is 31.1. The molecular weight excluding hydrogens is 664 g/mol. The van der Waals surface area contributed by atoms with Crippen LogP contribution in [-0.2, 0) is 38.3 Å². The summed E-state index contributed by atoms with van der Waals surface area (Å²) in [5.41, 5.74) is 11.2. The fraction of sp³-hybridized carbons (Fsp3) is 0.794. The molecule has 17 heteroatoms. The number of unbranched alkanes of at least 4 members (excludes halogenated alkanes) is 8. The van der Waals surface area contributed by atoms with E-state index in [-0.39, 0.29) is 25.3 Å². The van der Waals surface area contributed by atoms with Gasteiger partial charge in [0.05, 0.1) is 19.3 Å². The fourth-order valence-electron chi connectivity index (χ4n) is 4.95. The second-order valence-electron chi connectivity index (χ2n) is 12.7. The highest BCUT2D eigenvalue weighted by Crippen LogP contribution is 2.08. The summed E-state index contributed by atoms with van der Waals surface area (Å²) < 4.78 is 4.34. The van der Waals surface area contributed by atoms with E-state index in [9.17, 15) is 38.7 Å². The highest BCUT2D eigenvalue weighted by Gasteiger charge is 2.32. The van der Waals surface area contributed by atoms with Crippen LogP contribution in [0.1, 0.15) is 105 Å². The molecule has 0 aliphatic rings. The van der Waals surface area contributed by atoms with Crippen molar-refractivity contribution < 1.29 is 43.4 Å². The quantitative estimate of drug-likeness (QED) is 0.0249. The fourth-order valence-corrected chi connectivity index (χ4v) is 4.95. The van der Waals surface area contributed by atoms with Crippen LogP contribution in [-0.4, -0.2) is 116 Å². The van der Waals surface area contributed by atoms with Gasteiger partial charge in [-0.3, -0.25) is 28.8 Å². The first-order valence-corrected chi connectivity index (χ1v) is 18.2. The number of methoxy groups -OCH3 is 1. The van der Waals surface area contributed by atoms with Gasteiger partial charge in [-0.05, 0) is 59.5 Å². The molecule has 0 unspecified atom stereocenters. The number of ether oxygens (including phenoxy) is 1. The maximum Gasteiger partial charge on any atom is 0.376 e. The highest BCUT2D eigenvalue weighted by molar-refractivity contribution is 6.35. The maximum atomic E-state index is 13.3. The summed E-state index contributed by atoms with van der Waals surface area (Å²) in [5, 5.41) is 25.8. The van der Waals surface area contributed by atoms with E-state index in [1.54, 1.807) is 0 Å². The van der Waals surface area contributed by atoms with Gasteiger partial charge in [0.15, 0.2) is 0 Å². The number of carbonyl (C=O) groups is 7. The van der Waals surface area contributed by atoms with E-state index < -0.39 is 71.7 Å². The van der Waals surface area contributed by atoms with E-state index >= 15 is 0 Å². The smallest absolute Gasteiger partial charge is 0.376 e. The third kappa shape index (κ3) is 20.7. The first-order chi connectivity index (χ1) is 24.2. The Labute approximate surface area is 302 Å². The monoisotopic (exact) mass is 728 g/mol. The minimum Gasteiger partial charge on any atom is -0.463 e. The lowest BCUT2D eigenvalue weighted by Gasteiger charge is -2.26. The van der Waals surface area contributed by atoms with Crippen molar-refractivity contribution >= 4 is 41.3 Å². The number of hydrogen-bond acceptors (Lipinski definition) is 12. The minimum atomic E-state index is -1.49. The summed E-state index contributed by atoms with van der Waals surface area (Å²) in [6.07, 6.45) is 9.79. The zero-order chi connectivity index (χ0) is 38.8. The predicted octanol–water partition coefficient (Wildman–Crippen LogP) is -1.22. The number of hydrogen-bond donors (Lipinski definition) is 9. The van der Waals surface area contributed by atoms with Crippen LogP contribution >= 0.6 is 0 Å². The van der Waals surface area contributed by atoms with E-state index in [0.29, 0.717) is 25.9 Å². The number of ketones is 1. The third-order valence-corrected chi connectivity index (χ3v) is 8.16. The van der Waals surface area contributed by atoms with Crippen LogP contribution in [0.4, 0.5) is 0 Å². The number of Topliss-reactive ketones (excluding diaryl/α,β-unsaturated/α-hetero) is 1. The van der Waals surface area contributed by atoms with Gasteiger partial charge in [-0.2, -0.15) is 0 Å². The number of nitrogens with one attached hydrogen (secondary N) is 6. The molecule has 0 spiro atoms. The Balaban J connectivity index is 5.11. The Morgan fingerprint density at radius 2 is 1.24 bits per heavy atom. The summed E-state index contributed by atoms with van der Waals surface area (Å²) in [6, 6.07) is -6.33. The molecule has 0 saturated heterocycles. The molecule has 11 N–H and O–H groups in total. The normalized spacial score (nSPS) is 14.5. The van der Waals surface area contributed by atoms with Crippen LogP contribution < -0.4 is 43.4 Å². The van der Waals surface area contributed by atoms with Gasteiger partial charge in [-0.1, -0.05) is 51.9 Å². The maximum absolute atomic E-state index is 13.3. The number of nitrogens with two attached hydrogens (primary N) is 2. The van der Waals surface area contributed by atoms with Gasteiger partial charge in [-0.25, -0.2) is 4.79 Å². The molecule has 294 valence electrons. The topological polar surface area (TPSA) is 273 Å². The molecule has 0 aliphatic carbocycles. The van der Waals surface area contributed by atoms with Gasteiger partial charge in [0.25, 0.3) is 5.78 Å². The molecule has 0 aromatic rings. The molecule has 0 aromatic carbocycles. The van der Waals surface area contributed by atoms with E-state index in [1.807, 2.05) is 0 Å². The average Bonchev–Trinajstić information content (AvgIpc) is 3.09. The molecular formula is C34H64N8O9. The summed E-state index contributed by atoms with van der Waals surface area (Å²) >= 11 is 0. The second kappa shape index (κ2) is 28.0. The van der Waals surface area contributed by atoms with E-state index in [4.69, 9.17) is 11.5 Å². The Morgan fingerprint density at radius 3 is 1.80 bits per heavy atom. The van der Waals surface area contributed by atoms with E-state index in [2.05, 4.69) is 43.6 Å². The van der Waals surface area contributed by atoms with Gasteiger partial charge >= 0.3 is 5.97 Å². The van der Waals surface area contributed by atoms with Crippen molar-refractivity contribution in [3.63, 3.8) is 0 Å². The minimum absolute atomic E-state index is 0.146. The van der Waals surface area contributed by atoms with Crippen molar-refractivity contribution in [1.82, 2.24) is 31.9 Å². The SMILES string of the molecule is CCCCCCCCCCNCCC(=O)N[C@@H](CCCCN)C(=O)N[C@H](C(=O)N[C@@H](C)C(=O)N[C@@H](CN)C(=O)N[C@@H](C)C(=O)C(=O)OC)[C@@H](C)O. The van der Waals surface area contributed by atoms with E-state index in [1.165, 1.54) is 59.3 Å². The summed E-state index contributed by atoms with van der Waals surface area (Å²) in [5.74, 6) is -5.80. The Bertz CT molecular complexity index is 1090. The number of rotatable bonds is 29. The number of amides is 5. The molecule has 51 heavy (non-hydrogen) atoms. The first-order valence-electron chi connectivity index (χ1n) is 18.2. The van der Waals surface area contributed by atoms with Crippen LogP contribution in [0, 0.1) is 0 Å². The third-order valence-electron chi connectivity index (χ3n) is 8.16. The molecule has 0 aliphatic heterocycles. The Morgan fingerprint density at radius 1 is 0.647 bits per heavy atom. The molecule has 0 rings (SSSR count). The Kier molecular flexibility index (Phi) is 26.0. The zero-order valence-electron chi connectivity index (χ0n) is 31.1. The molecule has 0 radical (unpaired) electrons. The van der Waals surface area contributed by atoms with Crippen LogP contribution in [0.5, 0.6) is 0 Å². The van der Waals surface area contributed by atoms with Gasteiger partial charge < -0.3 is 53.2 Å². The van der Waals surface area contributed by atoms with Crippen LogP contribution in [0.15, 0.2) is 0 Å². The van der Waals surface area contributed by atoms with Crippen molar-refractivity contribution in [1.29, 1.82) is 0 Å². The van der Waals surface area contributed by atoms with Gasteiger partial charge in [0, 0.05) is 19.5 Å². The molecule has 0 saturated carbocycles. The van der Waals surface area contributed by atoms with Crippen LogP contribution in [0.3, 0.4) is 0 Å². The number of carbonyl (C=O) groups excluding carboxylic acids is 7. The van der Waals surface area contributed by atoms with E-state index in [0.717, 1.165) is 26.5 Å². The molecule has 6 atom stereocenters. The average molecular weight is 729 g/mol. The molecule has 0 aromatic heterocycles. The molecule has 17 nitrogen and oxygen atoms in total. The summed E-state index contributed by atoms with van der Waals surface area (Å²) in [7, 11) is 1.01. The second-order valence-corrected chi connectivity index (χ2v) is 12.7. The standard InChI is InChI=1S/C34H64N8O9/c1-6-7-8-9-10-11-12-15-19-37-20-17-27(44)40-25(16-13-14-18-35)31(47)42-28(24(4)43)33(49)39-23(3)30(46)41-26(21-36)32(48)38-22(2)29(45)34(50)51-5/h22-26,28,37,43H,6-21,35-36H2,1-5H3,(H,38,48)(H,39,49)(H,40,44)(H,41,46)(H,42,47)/t22-,23-,24+,25-,26-,28-/m0/s1. The van der Waals surface area contributed by atoms with Crippen LogP contribution in [0.2, 0.25) is 0 Å². The van der Waals surface area contributed by atoms with Gasteiger partial charge in [0.1, 0.15) is 24.2 Å². The molecule has 0 heterocycles. The molecule has 5 amide bonds. The summed E-state index contributed by atoms with van der Waals surface area (Å²) in [6.45, 7) is 7.28. The number of aliphatic hydroxyl groups is 1. The lowest BCUT2D eigenvalue weighted by Crippen LogP contribution is -2.61. The Hall–Kier alpha value is -3.67. The lowest BCUT2D eigenvalue weighted by atomic mass is 10.1. The lowest BCUT2D eigenvalue weighted by molar-refractivity contribution is -0.152. The van der Waals surface area contributed by atoms with Crippen molar-refractivity contribution in [2.75, 3.05) is 33.3 Å². The van der Waals surface area contributed by atoms with Crippen LogP contribution in [0.25, 0.3) is 0 Å². The largest absolute Gasteiger partial charge is 0.463 e.